The molecule has 0 aromatic heterocycles. The van der Waals surface area contributed by atoms with Gasteiger partial charge in [-0.05, 0) is 70.6 Å². The highest BCUT2D eigenvalue weighted by Gasteiger charge is 2.24. The fourth-order valence-corrected chi connectivity index (χ4v) is 3.89. The van der Waals surface area contributed by atoms with Crippen LogP contribution in [0.4, 0.5) is 10.5 Å². The molecule has 9 heteroatoms. The van der Waals surface area contributed by atoms with E-state index in [0.29, 0.717) is 26.4 Å². The van der Waals surface area contributed by atoms with Crippen LogP contribution in [0.25, 0.3) is 16.8 Å². The summed E-state index contributed by atoms with van der Waals surface area (Å²) < 4.78 is 5.59. The van der Waals surface area contributed by atoms with Gasteiger partial charge in [0.1, 0.15) is 5.75 Å². The van der Waals surface area contributed by atoms with Crippen LogP contribution in [0.1, 0.15) is 5.56 Å². The molecule has 0 unspecified atom stereocenters. The van der Waals surface area contributed by atoms with Crippen molar-refractivity contribution in [3.8, 4) is 5.75 Å². The monoisotopic (exact) mass is 472 g/mol. The van der Waals surface area contributed by atoms with Gasteiger partial charge in [-0.15, -0.1) is 0 Å². The summed E-state index contributed by atoms with van der Waals surface area (Å²) in [6, 6.07) is 15.9. The zero-order valence-electron chi connectivity index (χ0n) is 15.8. The molecule has 0 aliphatic carbocycles. The Labute approximate surface area is 191 Å². The van der Waals surface area contributed by atoms with Gasteiger partial charge in [0.05, 0.1) is 15.0 Å². The molecule has 2 N–H and O–H groups in total. The number of hydrogen-bond acceptors (Lipinski definition) is 5. The van der Waals surface area contributed by atoms with Crippen molar-refractivity contribution in [2.24, 2.45) is 0 Å². The Kier molecular flexibility index (Phi) is 6.18. The van der Waals surface area contributed by atoms with Crippen molar-refractivity contribution in [3.63, 3.8) is 0 Å². The van der Waals surface area contributed by atoms with Crippen molar-refractivity contribution in [2.45, 2.75) is 0 Å². The standard InChI is InChI=1S/C22H14Cl2N2O4S/c23-17-6-4-15(10-18(17)24)25-20(27)11-30-16-5-3-13-7-12(1-2-14(13)9-16)8-19-21(28)26-22(29)31-19/h1-10H,11H2,(H,25,27)(H,26,28,29)/b19-8+. The van der Waals surface area contributed by atoms with Gasteiger partial charge in [-0.1, -0.05) is 41.4 Å². The number of rotatable bonds is 5. The number of ether oxygens (including phenoxy) is 1. The first-order chi connectivity index (χ1) is 14.9. The average molecular weight is 473 g/mol. The summed E-state index contributed by atoms with van der Waals surface area (Å²) >= 11 is 12.7. The summed E-state index contributed by atoms with van der Waals surface area (Å²) in [7, 11) is 0. The molecule has 3 aromatic rings. The van der Waals surface area contributed by atoms with Crippen LogP contribution in [-0.4, -0.2) is 23.7 Å². The van der Waals surface area contributed by atoms with E-state index in [1.165, 1.54) is 0 Å². The molecular weight excluding hydrogens is 459 g/mol. The Morgan fingerprint density at radius 1 is 1.00 bits per heavy atom. The number of thioether (sulfide) groups is 1. The molecule has 1 saturated heterocycles. The number of nitrogens with one attached hydrogen (secondary N) is 2. The number of amides is 3. The van der Waals surface area contributed by atoms with Crippen LogP contribution in [-0.2, 0) is 9.59 Å². The van der Waals surface area contributed by atoms with E-state index < -0.39 is 5.91 Å². The third-order valence-corrected chi connectivity index (χ3v) is 5.90. The first kappa shape index (κ1) is 21.2. The van der Waals surface area contributed by atoms with Crippen molar-refractivity contribution in [3.05, 3.63) is 75.1 Å². The van der Waals surface area contributed by atoms with Crippen molar-refractivity contribution in [1.29, 1.82) is 0 Å². The Balaban J connectivity index is 1.41. The highest BCUT2D eigenvalue weighted by molar-refractivity contribution is 8.18. The van der Waals surface area contributed by atoms with E-state index in [4.69, 9.17) is 27.9 Å². The number of carbonyl (C=O) groups excluding carboxylic acids is 3. The molecule has 3 amide bonds. The maximum Gasteiger partial charge on any atom is 0.290 e. The van der Waals surface area contributed by atoms with Gasteiger partial charge in [0.2, 0.25) is 0 Å². The number of carbonyl (C=O) groups is 3. The fourth-order valence-electron chi connectivity index (χ4n) is 2.91. The van der Waals surface area contributed by atoms with Gasteiger partial charge in [0, 0.05) is 5.69 Å². The van der Waals surface area contributed by atoms with E-state index in [-0.39, 0.29) is 17.8 Å². The fraction of sp³-hybridized carbons (Fsp3) is 0.0455. The summed E-state index contributed by atoms with van der Waals surface area (Å²) in [5, 5.41) is 7.14. The van der Waals surface area contributed by atoms with Gasteiger partial charge in [0.25, 0.3) is 17.1 Å². The zero-order chi connectivity index (χ0) is 22.0. The molecule has 1 heterocycles. The Morgan fingerprint density at radius 2 is 1.77 bits per heavy atom. The summed E-state index contributed by atoms with van der Waals surface area (Å²) in [5.74, 6) is -0.181. The molecule has 0 radical (unpaired) electrons. The van der Waals surface area contributed by atoms with E-state index in [2.05, 4.69) is 10.6 Å². The molecule has 31 heavy (non-hydrogen) atoms. The minimum atomic E-state index is -0.391. The molecule has 6 nitrogen and oxygen atoms in total. The Hall–Kier alpha value is -3.00. The first-order valence-corrected chi connectivity index (χ1v) is 10.6. The molecule has 0 saturated carbocycles. The van der Waals surface area contributed by atoms with E-state index in [9.17, 15) is 14.4 Å². The van der Waals surface area contributed by atoms with Crippen molar-refractivity contribution in [2.75, 3.05) is 11.9 Å². The lowest BCUT2D eigenvalue weighted by Crippen LogP contribution is -2.20. The van der Waals surface area contributed by atoms with Gasteiger partial charge in [-0.2, -0.15) is 0 Å². The predicted octanol–water partition coefficient (Wildman–Crippen LogP) is 5.49. The van der Waals surface area contributed by atoms with Crippen LogP contribution in [0.3, 0.4) is 0 Å². The summed E-state index contributed by atoms with van der Waals surface area (Å²) in [6.07, 6.45) is 1.67. The highest BCUT2D eigenvalue weighted by Crippen LogP contribution is 2.28. The quantitative estimate of drug-likeness (QED) is 0.479. The van der Waals surface area contributed by atoms with Gasteiger partial charge < -0.3 is 10.1 Å². The lowest BCUT2D eigenvalue weighted by Gasteiger charge is -2.09. The van der Waals surface area contributed by atoms with Gasteiger partial charge >= 0.3 is 0 Å². The smallest absolute Gasteiger partial charge is 0.290 e. The van der Waals surface area contributed by atoms with E-state index >= 15 is 0 Å². The van der Waals surface area contributed by atoms with Crippen LogP contribution < -0.4 is 15.4 Å². The minimum absolute atomic E-state index is 0.170. The number of anilines is 1. The second kappa shape index (κ2) is 9.01. The van der Waals surface area contributed by atoms with Crippen LogP contribution in [0.5, 0.6) is 5.75 Å². The van der Waals surface area contributed by atoms with Crippen LogP contribution in [0.2, 0.25) is 10.0 Å². The Morgan fingerprint density at radius 3 is 2.52 bits per heavy atom. The maximum atomic E-state index is 12.1. The summed E-state index contributed by atoms with van der Waals surface area (Å²) in [4.78, 5) is 35.5. The van der Waals surface area contributed by atoms with Gasteiger partial charge in [0.15, 0.2) is 6.61 Å². The number of imide groups is 1. The van der Waals surface area contributed by atoms with Crippen LogP contribution in [0.15, 0.2) is 59.5 Å². The van der Waals surface area contributed by atoms with Gasteiger partial charge in [-0.3, -0.25) is 19.7 Å². The van der Waals surface area contributed by atoms with E-state index in [0.717, 1.165) is 28.1 Å². The molecular formula is C22H14Cl2N2O4S. The largest absolute Gasteiger partial charge is 0.484 e. The van der Waals surface area contributed by atoms with Crippen molar-refractivity contribution < 1.29 is 19.1 Å². The molecule has 1 aliphatic heterocycles. The van der Waals surface area contributed by atoms with Crippen LogP contribution >= 0.6 is 35.0 Å². The predicted molar refractivity (Wildman–Crippen MR) is 124 cm³/mol. The molecule has 0 spiro atoms. The minimum Gasteiger partial charge on any atom is -0.484 e. The normalized spacial score (nSPS) is 14.7. The van der Waals surface area contributed by atoms with Crippen LogP contribution in [0, 0.1) is 0 Å². The third kappa shape index (κ3) is 5.19. The number of benzene rings is 3. The molecule has 1 fully saturated rings. The Bertz CT molecular complexity index is 1260. The van der Waals surface area contributed by atoms with E-state index in [1.807, 2.05) is 30.3 Å². The topological polar surface area (TPSA) is 84.5 Å². The second-order valence-corrected chi connectivity index (χ2v) is 8.42. The van der Waals surface area contributed by atoms with E-state index in [1.54, 1.807) is 30.3 Å². The highest BCUT2D eigenvalue weighted by atomic mass is 35.5. The summed E-state index contributed by atoms with van der Waals surface area (Å²) in [6.45, 7) is -0.170. The lowest BCUT2D eigenvalue weighted by molar-refractivity contribution is -0.118. The lowest BCUT2D eigenvalue weighted by atomic mass is 10.1. The summed E-state index contributed by atoms with van der Waals surface area (Å²) in [5.41, 5.74) is 1.33. The second-order valence-electron chi connectivity index (χ2n) is 6.59. The molecule has 4 rings (SSSR count). The van der Waals surface area contributed by atoms with Crippen molar-refractivity contribution >= 4 is 74.6 Å². The molecule has 0 atom stereocenters. The third-order valence-electron chi connectivity index (χ3n) is 4.35. The number of fused-ring (bicyclic) bond motifs is 1. The maximum absolute atomic E-state index is 12.1. The zero-order valence-corrected chi connectivity index (χ0v) is 18.1. The van der Waals surface area contributed by atoms with Crippen molar-refractivity contribution in [1.82, 2.24) is 5.32 Å². The number of halogens is 2. The molecule has 156 valence electrons. The number of hydrogen-bond donors (Lipinski definition) is 2. The first-order valence-electron chi connectivity index (χ1n) is 9.04. The average Bonchev–Trinajstić information content (AvgIpc) is 3.05. The SMILES string of the molecule is O=C(COc1ccc2cc(/C=C3/SC(=O)NC3=O)ccc2c1)Nc1ccc(Cl)c(Cl)c1. The molecule has 1 aliphatic rings. The molecule has 0 bridgehead atoms. The van der Waals surface area contributed by atoms with Gasteiger partial charge in [-0.25, -0.2) is 0 Å². The molecule has 3 aromatic carbocycles.